The first-order chi connectivity index (χ1) is 9.06. The lowest BCUT2D eigenvalue weighted by Crippen LogP contribution is -2.37. The standard InChI is InChI=1S/C14H17BrClNO2/c15-13-6-5-11(16)7-10(13)8-17(9-14(18)19)12-3-1-2-4-12/h5-7,12H,1-4,8-9H2,(H,18,19). The number of nitrogens with zero attached hydrogens (tertiary/aromatic N) is 1. The van der Waals surface area contributed by atoms with Gasteiger partial charge in [-0.05, 0) is 36.6 Å². The summed E-state index contributed by atoms with van der Waals surface area (Å²) in [4.78, 5) is 13.1. The fraction of sp³-hybridized carbons (Fsp3) is 0.500. The van der Waals surface area contributed by atoms with E-state index in [1.54, 1.807) is 0 Å². The third-order valence-electron chi connectivity index (χ3n) is 3.56. The van der Waals surface area contributed by atoms with Crippen LogP contribution in [0.4, 0.5) is 0 Å². The number of rotatable bonds is 5. The van der Waals surface area contributed by atoms with Crippen LogP contribution in [-0.2, 0) is 11.3 Å². The van der Waals surface area contributed by atoms with E-state index < -0.39 is 5.97 Å². The molecule has 5 heteroatoms. The van der Waals surface area contributed by atoms with E-state index in [0.29, 0.717) is 17.6 Å². The molecular formula is C14H17BrClNO2. The van der Waals surface area contributed by atoms with Gasteiger partial charge in [0.25, 0.3) is 0 Å². The summed E-state index contributed by atoms with van der Waals surface area (Å²) in [5, 5.41) is 9.75. The maximum absolute atomic E-state index is 11.0. The second-order valence-corrected chi connectivity index (χ2v) is 6.26. The fourth-order valence-electron chi connectivity index (χ4n) is 2.64. The Bertz CT molecular complexity index is 461. The molecule has 1 aliphatic carbocycles. The maximum atomic E-state index is 11.0. The van der Waals surface area contributed by atoms with Crippen LogP contribution in [0.15, 0.2) is 22.7 Å². The van der Waals surface area contributed by atoms with Gasteiger partial charge in [0.15, 0.2) is 0 Å². The van der Waals surface area contributed by atoms with Gasteiger partial charge in [0.2, 0.25) is 0 Å². The number of halogens is 2. The SMILES string of the molecule is O=C(O)CN(Cc1cc(Cl)ccc1Br)C1CCCC1. The largest absolute Gasteiger partial charge is 0.480 e. The molecule has 0 spiro atoms. The summed E-state index contributed by atoms with van der Waals surface area (Å²) in [5.74, 6) is -0.773. The van der Waals surface area contributed by atoms with Crippen molar-refractivity contribution >= 4 is 33.5 Å². The maximum Gasteiger partial charge on any atom is 0.317 e. The molecule has 2 rings (SSSR count). The van der Waals surface area contributed by atoms with Crippen LogP contribution in [0, 0.1) is 0 Å². The highest BCUT2D eigenvalue weighted by atomic mass is 79.9. The number of hydrogen-bond acceptors (Lipinski definition) is 2. The Labute approximate surface area is 126 Å². The molecule has 0 atom stereocenters. The summed E-state index contributed by atoms with van der Waals surface area (Å²) in [6.07, 6.45) is 4.56. The summed E-state index contributed by atoms with van der Waals surface area (Å²) in [5.41, 5.74) is 1.04. The molecule has 0 unspecified atom stereocenters. The van der Waals surface area contributed by atoms with Crippen LogP contribution >= 0.6 is 27.5 Å². The Morgan fingerprint density at radius 3 is 2.74 bits per heavy atom. The normalized spacial score (nSPS) is 16.2. The Balaban J connectivity index is 2.14. The van der Waals surface area contributed by atoms with Crippen LogP contribution < -0.4 is 0 Å². The van der Waals surface area contributed by atoms with Gasteiger partial charge in [-0.25, -0.2) is 0 Å². The van der Waals surface area contributed by atoms with Gasteiger partial charge >= 0.3 is 5.97 Å². The summed E-state index contributed by atoms with van der Waals surface area (Å²) < 4.78 is 0.977. The molecule has 0 radical (unpaired) electrons. The first kappa shape index (κ1) is 14.8. The topological polar surface area (TPSA) is 40.5 Å². The van der Waals surface area contributed by atoms with Crippen molar-refractivity contribution < 1.29 is 9.90 Å². The van der Waals surface area contributed by atoms with Crippen LogP contribution in [0.3, 0.4) is 0 Å². The van der Waals surface area contributed by atoms with Gasteiger partial charge in [-0.2, -0.15) is 0 Å². The van der Waals surface area contributed by atoms with Gasteiger partial charge in [0, 0.05) is 22.1 Å². The summed E-state index contributed by atoms with van der Waals surface area (Å²) in [6.45, 7) is 0.710. The van der Waals surface area contributed by atoms with Gasteiger partial charge in [0.1, 0.15) is 0 Å². The van der Waals surface area contributed by atoms with Gasteiger partial charge in [-0.15, -0.1) is 0 Å². The van der Waals surface area contributed by atoms with Crippen molar-refractivity contribution in [3.8, 4) is 0 Å². The summed E-state index contributed by atoms with van der Waals surface area (Å²) in [7, 11) is 0. The van der Waals surface area contributed by atoms with Crippen LogP contribution in [0.2, 0.25) is 5.02 Å². The highest BCUT2D eigenvalue weighted by Crippen LogP contribution is 2.28. The molecule has 1 N–H and O–H groups in total. The molecular weight excluding hydrogens is 330 g/mol. The zero-order valence-corrected chi connectivity index (χ0v) is 13.0. The molecule has 0 heterocycles. The molecule has 1 aromatic rings. The lowest BCUT2D eigenvalue weighted by atomic mass is 10.1. The first-order valence-corrected chi connectivity index (χ1v) is 7.63. The Morgan fingerprint density at radius 1 is 1.42 bits per heavy atom. The third kappa shape index (κ3) is 4.20. The number of carboxylic acid groups (broad SMARTS) is 1. The highest BCUT2D eigenvalue weighted by molar-refractivity contribution is 9.10. The van der Waals surface area contributed by atoms with E-state index in [4.69, 9.17) is 16.7 Å². The molecule has 104 valence electrons. The number of carbonyl (C=O) groups is 1. The molecule has 1 aromatic carbocycles. The van der Waals surface area contributed by atoms with Crippen molar-refractivity contribution in [1.29, 1.82) is 0 Å². The van der Waals surface area contributed by atoms with Gasteiger partial charge in [-0.1, -0.05) is 40.4 Å². The number of aliphatic carboxylic acids is 1. The first-order valence-electron chi connectivity index (χ1n) is 6.46. The van der Waals surface area contributed by atoms with Gasteiger partial charge < -0.3 is 5.11 Å². The van der Waals surface area contributed by atoms with Crippen LogP contribution in [0.25, 0.3) is 0 Å². The second-order valence-electron chi connectivity index (χ2n) is 4.97. The predicted molar refractivity (Wildman–Crippen MR) is 79.5 cm³/mol. The minimum Gasteiger partial charge on any atom is -0.480 e. The van der Waals surface area contributed by atoms with Gasteiger partial charge in [-0.3, -0.25) is 9.69 Å². The van der Waals surface area contributed by atoms with E-state index in [9.17, 15) is 4.79 Å². The number of benzene rings is 1. The predicted octanol–water partition coefficient (Wildman–Crippen LogP) is 3.93. The molecule has 0 bridgehead atoms. The minimum atomic E-state index is -0.773. The molecule has 3 nitrogen and oxygen atoms in total. The van der Waals surface area contributed by atoms with Crippen molar-refractivity contribution in [3.05, 3.63) is 33.3 Å². The van der Waals surface area contributed by atoms with Crippen molar-refractivity contribution in [1.82, 2.24) is 4.90 Å². The van der Waals surface area contributed by atoms with E-state index in [0.717, 1.165) is 22.9 Å². The van der Waals surface area contributed by atoms with Crippen LogP contribution in [0.5, 0.6) is 0 Å². The van der Waals surface area contributed by atoms with Gasteiger partial charge in [0.05, 0.1) is 6.54 Å². The van der Waals surface area contributed by atoms with E-state index in [1.807, 2.05) is 23.1 Å². The second kappa shape index (κ2) is 6.73. The molecule has 1 aliphatic rings. The molecule has 0 amide bonds. The quantitative estimate of drug-likeness (QED) is 0.878. The molecule has 0 saturated heterocycles. The molecule has 0 aliphatic heterocycles. The Morgan fingerprint density at radius 2 is 2.11 bits per heavy atom. The molecule has 1 fully saturated rings. The van der Waals surface area contributed by atoms with Crippen molar-refractivity contribution in [2.24, 2.45) is 0 Å². The smallest absolute Gasteiger partial charge is 0.317 e. The van der Waals surface area contributed by atoms with E-state index in [1.165, 1.54) is 12.8 Å². The summed E-state index contributed by atoms with van der Waals surface area (Å²) in [6, 6.07) is 6.01. The zero-order valence-electron chi connectivity index (χ0n) is 10.6. The van der Waals surface area contributed by atoms with E-state index in [-0.39, 0.29) is 6.54 Å². The lowest BCUT2D eigenvalue weighted by Gasteiger charge is -2.27. The molecule has 0 aromatic heterocycles. The summed E-state index contributed by atoms with van der Waals surface area (Å²) >= 11 is 9.51. The number of carboxylic acids is 1. The van der Waals surface area contributed by atoms with Crippen molar-refractivity contribution in [2.75, 3.05) is 6.54 Å². The van der Waals surface area contributed by atoms with Crippen molar-refractivity contribution in [2.45, 2.75) is 38.3 Å². The lowest BCUT2D eigenvalue weighted by molar-refractivity contribution is -0.139. The van der Waals surface area contributed by atoms with Crippen LogP contribution in [0.1, 0.15) is 31.2 Å². The molecule has 1 saturated carbocycles. The van der Waals surface area contributed by atoms with E-state index >= 15 is 0 Å². The minimum absolute atomic E-state index is 0.0869. The highest BCUT2D eigenvalue weighted by Gasteiger charge is 2.24. The number of hydrogen-bond donors (Lipinski definition) is 1. The zero-order chi connectivity index (χ0) is 13.8. The Hall–Kier alpha value is -0.580. The third-order valence-corrected chi connectivity index (χ3v) is 4.57. The van der Waals surface area contributed by atoms with Crippen LogP contribution in [-0.4, -0.2) is 28.6 Å². The average molecular weight is 347 g/mol. The average Bonchev–Trinajstić information content (AvgIpc) is 2.86. The van der Waals surface area contributed by atoms with E-state index in [2.05, 4.69) is 15.9 Å². The van der Waals surface area contributed by atoms with Crippen molar-refractivity contribution in [3.63, 3.8) is 0 Å². The fourth-order valence-corrected chi connectivity index (χ4v) is 3.21. The Kier molecular flexibility index (Phi) is 5.25. The monoisotopic (exact) mass is 345 g/mol. The molecule has 19 heavy (non-hydrogen) atoms.